The summed E-state index contributed by atoms with van der Waals surface area (Å²) in [4.78, 5) is 22.9. The first-order valence-corrected chi connectivity index (χ1v) is 11.5. The van der Waals surface area contributed by atoms with Crippen LogP contribution in [0.2, 0.25) is 0 Å². The fourth-order valence-electron chi connectivity index (χ4n) is 4.31. The van der Waals surface area contributed by atoms with Gasteiger partial charge in [-0.05, 0) is 70.7 Å². The van der Waals surface area contributed by atoms with E-state index in [2.05, 4.69) is 53.1 Å². The van der Waals surface area contributed by atoms with E-state index in [0.29, 0.717) is 16.6 Å². The van der Waals surface area contributed by atoms with Gasteiger partial charge in [0.2, 0.25) is 0 Å². The van der Waals surface area contributed by atoms with Crippen LogP contribution in [0.15, 0.2) is 28.5 Å². The maximum Gasteiger partial charge on any atom is 0.250 e. The van der Waals surface area contributed by atoms with Crippen molar-refractivity contribution in [2.45, 2.75) is 64.6 Å². The number of halogens is 1. The van der Waals surface area contributed by atoms with Gasteiger partial charge in [-0.2, -0.15) is 5.10 Å². The first kappa shape index (κ1) is 23.2. The average molecular weight is 444 g/mol. The van der Waals surface area contributed by atoms with Crippen LogP contribution in [0.3, 0.4) is 0 Å². The van der Waals surface area contributed by atoms with Crippen molar-refractivity contribution in [1.29, 1.82) is 0 Å². The fraction of sp³-hybridized carbons (Fsp3) is 0.478. The Kier molecular flexibility index (Phi) is 6.99. The number of carbonyl (C=O) groups is 1. The number of carbonyl (C=O) groups excluding carboxylic acids is 1. The molecule has 6 nitrogen and oxygen atoms in total. The van der Waals surface area contributed by atoms with Gasteiger partial charge in [-0.15, -0.1) is 0 Å². The maximum atomic E-state index is 14.8. The predicted octanol–water partition coefficient (Wildman–Crippen LogP) is 4.59. The summed E-state index contributed by atoms with van der Waals surface area (Å²) in [5.74, 6) is -0.207. The van der Waals surface area contributed by atoms with Crippen molar-refractivity contribution in [2.24, 2.45) is 5.10 Å². The van der Waals surface area contributed by atoms with Gasteiger partial charge in [0.15, 0.2) is 5.16 Å². The van der Waals surface area contributed by atoms with Crippen LogP contribution in [0, 0.1) is 19.7 Å². The molecule has 1 aliphatic rings. The number of hydrazone groups is 1. The Balaban J connectivity index is 1.67. The molecule has 0 radical (unpaired) electrons. The third-order valence-electron chi connectivity index (χ3n) is 5.51. The zero-order valence-electron chi connectivity index (χ0n) is 19.0. The summed E-state index contributed by atoms with van der Waals surface area (Å²) in [6.07, 6.45) is 2.36. The van der Waals surface area contributed by atoms with Crippen LogP contribution in [-0.2, 0) is 4.79 Å². The van der Waals surface area contributed by atoms with E-state index in [1.807, 2.05) is 26.0 Å². The minimum absolute atomic E-state index is 0.0194. The Bertz CT molecular complexity index is 987. The zero-order chi connectivity index (χ0) is 22.8. The number of nitrogens with zero attached hydrogens (tertiary/aromatic N) is 4. The number of hydrogen-bond donors (Lipinski definition) is 1. The van der Waals surface area contributed by atoms with Gasteiger partial charge in [-0.25, -0.2) is 19.8 Å². The summed E-state index contributed by atoms with van der Waals surface area (Å²) in [6.45, 7) is 13.2. The predicted molar refractivity (Wildman–Crippen MR) is 124 cm³/mol. The minimum Gasteiger partial charge on any atom is -0.366 e. The number of thioether (sulfide) groups is 1. The molecule has 0 aliphatic carbocycles. The van der Waals surface area contributed by atoms with E-state index in [1.54, 1.807) is 6.07 Å². The summed E-state index contributed by atoms with van der Waals surface area (Å²) < 4.78 is 14.8. The number of aromatic nitrogens is 2. The van der Waals surface area contributed by atoms with Crippen molar-refractivity contribution in [1.82, 2.24) is 15.4 Å². The van der Waals surface area contributed by atoms with Crippen LogP contribution in [0.1, 0.15) is 62.5 Å². The van der Waals surface area contributed by atoms with Crippen LogP contribution in [0.25, 0.3) is 0 Å². The fourth-order valence-corrected chi connectivity index (χ4v) is 5.05. The normalized spacial score (nSPS) is 17.6. The Morgan fingerprint density at radius 3 is 2.65 bits per heavy atom. The maximum absolute atomic E-state index is 14.8. The third-order valence-corrected chi connectivity index (χ3v) is 6.35. The molecule has 0 saturated heterocycles. The number of nitrogens with one attached hydrogen (secondary N) is 1. The van der Waals surface area contributed by atoms with E-state index in [4.69, 9.17) is 0 Å². The highest BCUT2D eigenvalue weighted by Crippen LogP contribution is 2.43. The van der Waals surface area contributed by atoms with Crippen molar-refractivity contribution in [3.05, 3.63) is 46.5 Å². The van der Waals surface area contributed by atoms with Crippen molar-refractivity contribution < 1.29 is 9.18 Å². The molecule has 1 unspecified atom stereocenters. The molecule has 1 aromatic carbocycles. The summed E-state index contributed by atoms with van der Waals surface area (Å²) >= 11 is 1.24. The summed E-state index contributed by atoms with van der Waals surface area (Å²) in [7, 11) is 0. The van der Waals surface area contributed by atoms with Gasteiger partial charge in [-0.3, -0.25) is 4.79 Å². The van der Waals surface area contributed by atoms with E-state index in [9.17, 15) is 9.18 Å². The summed E-state index contributed by atoms with van der Waals surface area (Å²) in [5.41, 5.74) is 6.57. The van der Waals surface area contributed by atoms with Gasteiger partial charge in [0.1, 0.15) is 5.82 Å². The Morgan fingerprint density at radius 2 is 2.00 bits per heavy atom. The first-order chi connectivity index (χ1) is 14.6. The van der Waals surface area contributed by atoms with E-state index < -0.39 is 0 Å². The smallest absolute Gasteiger partial charge is 0.250 e. The average Bonchev–Trinajstić information content (AvgIpc) is 2.66. The molecular formula is C23H30FN5OS. The van der Waals surface area contributed by atoms with Crippen LogP contribution in [0.5, 0.6) is 0 Å². The molecule has 166 valence electrons. The van der Waals surface area contributed by atoms with Gasteiger partial charge in [0, 0.05) is 34.7 Å². The summed E-state index contributed by atoms with van der Waals surface area (Å²) in [6, 6.07) is 5.32. The highest BCUT2D eigenvalue weighted by molar-refractivity contribution is 7.99. The molecule has 0 bridgehead atoms. The number of hydrogen-bond acceptors (Lipinski definition) is 6. The molecule has 2 heterocycles. The molecule has 0 fully saturated rings. The second kappa shape index (κ2) is 9.34. The highest BCUT2D eigenvalue weighted by atomic mass is 32.2. The number of amides is 1. The van der Waals surface area contributed by atoms with E-state index >= 15 is 0 Å². The van der Waals surface area contributed by atoms with Gasteiger partial charge >= 0.3 is 0 Å². The molecule has 0 spiro atoms. The zero-order valence-corrected chi connectivity index (χ0v) is 19.8. The quantitative estimate of drug-likeness (QED) is 0.306. The third kappa shape index (κ3) is 5.42. The van der Waals surface area contributed by atoms with Crippen LogP contribution < -0.4 is 10.3 Å². The van der Waals surface area contributed by atoms with Gasteiger partial charge in [0.05, 0.1) is 12.0 Å². The number of rotatable bonds is 6. The molecule has 1 amide bonds. The molecule has 1 N–H and O–H groups in total. The lowest BCUT2D eigenvalue weighted by Crippen LogP contribution is -2.48. The van der Waals surface area contributed by atoms with E-state index in [0.717, 1.165) is 35.6 Å². The van der Waals surface area contributed by atoms with Crippen molar-refractivity contribution >= 4 is 29.6 Å². The second-order valence-electron chi connectivity index (χ2n) is 8.61. The Hall–Kier alpha value is -2.48. The molecule has 1 aromatic heterocycles. The lowest BCUT2D eigenvalue weighted by molar-refractivity contribution is -0.118. The molecule has 1 aliphatic heterocycles. The molecule has 31 heavy (non-hydrogen) atoms. The molecular weight excluding hydrogens is 413 g/mol. The largest absolute Gasteiger partial charge is 0.366 e. The Labute approximate surface area is 187 Å². The van der Waals surface area contributed by atoms with Crippen molar-refractivity contribution in [3.8, 4) is 0 Å². The monoisotopic (exact) mass is 443 g/mol. The van der Waals surface area contributed by atoms with Crippen LogP contribution in [-0.4, -0.2) is 39.9 Å². The van der Waals surface area contributed by atoms with Gasteiger partial charge in [-0.1, -0.05) is 18.7 Å². The topological polar surface area (TPSA) is 70.5 Å². The molecule has 8 heteroatoms. The molecule has 1 atom stereocenters. The number of benzene rings is 1. The Morgan fingerprint density at radius 1 is 1.32 bits per heavy atom. The molecule has 2 aromatic rings. The second-order valence-corrected chi connectivity index (χ2v) is 9.55. The lowest BCUT2D eigenvalue weighted by Gasteiger charge is -2.47. The lowest BCUT2D eigenvalue weighted by atomic mass is 9.79. The number of aryl methyl sites for hydroxylation is 2. The van der Waals surface area contributed by atoms with Crippen LogP contribution >= 0.6 is 11.8 Å². The van der Waals surface area contributed by atoms with Gasteiger partial charge < -0.3 is 4.90 Å². The van der Waals surface area contributed by atoms with E-state index in [1.165, 1.54) is 18.0 Å². The van der Waals surface area contributed by atoms with Crippen molar-refractivity contribution in [2.75, 3.05) is 17.2 Å². The minimum atomic E-state index is -0.349. The highest BCUT2D eigenvalue weighted by Gasteiger charge is 2.36. The summed E-state index contributed by atoms with van der Waals surface area (Å²) in [5, 5.41) is 4.51. The SMILES string of the molecule is CCN1c2cc(F)c(/C=N\NC(=O)CSc3nc(C)cc(C)n3)cc2C(C)CC1(C)C. The van der Waals surface area contributed by atoms with Crippen molar-refractivity contribution in [3.63, 3.8) is 0 Å². The molecule has 3 rings (SSSR count). The first-order valence-electron chi connectivity index (χ1n) is 10.5. The number of anilines is 1. The van der Waals surface area contributed by atoms with Crippen LogP contribution in [0.4, 0.5) is 10.1 Å². The van der Waals surface area contributed by atoms with Gasteiger partial charge in [0.25, 0.3) is 5.91 Å². The molecule has 0 saturated carbocycles. The number of fused-ring (bicyclic) bond motifs is 1. The standard InChI is InChI=1S/C23H30FN5OS/c1-7-29-20-10-19(24)17(9-18(20)14(2)11-23(29,5)6)12-25-28-21(30)13-31-22-26-15(3)8-16(4)27-22/h8-10,12,14H,7,11,13H2,1-6H3,(H,28,30)/b25-12-. The van der Waals surface area contributed by atoms with E-state index in [-0.39, 0.29) is 23.0 Å².